The number of imidazole rings is 1. The monoisotopic (exact) mass is 456 g/mol. The largest absolute Gasteiger partial charge is 0.487 e. The Kier molecular flexibility index (Phi) is 5.80. The fraction of sp³-hybridized carbons (Fsp3) is 0.0870. The molecule has 4 rings (SSSR count). The van der Waals surface area contributed by atoms with Gasteiger partial charge in [-0.25, -0.2) is 17.8 Å². The summed E-state index contributed by atoms with van der Waals surface area (Å²) in [6.07, 6.45) is 2.99. The molecule has 4 aromatic rings. The van der Waals surface area contributed by atoms with Crippen LogP contribution in [0.2, 0.25) is 5.02 Å². The first-order chi connectivity index (χ1) is 14.8. The third-order valence-corrected chi connectivity index (χ3v) is 5.98. The van der Waals surface area contributed by atoms with Gasteiger partial charge in [0, 0.05) is 28.7 Å². The van der Waals surface area contributed by atoms with Crippen LogP contribution in [-0.4, -0.2) is 24.2 Å². The van der Waals surface area contributed by atoms with Crippen LogP contribution >= 0.6 is 11.6 Å². The summed E-state index contributed by atoms with van der Waals surface area (Å²) in [5, 5.41) is 0.610. The lowest BCUT2D eigenvalue weighted by Gasteiger charge is -2.09. The van der Waals surface area contributed by atoms with Crippen molar-refractivity contribution in [3.63, 3.8) is 0 Å². The molecule has 158 valence electrons. The fourth-order valence-corrected chi connectivity index (χ4v) is 3.80. The summed E-state index contributed by atoms with van der Waals surface area (Å²) in [4.78, 5) is 4.93. The second kappa shape index (κ2) is 8.53. The maximum Gasteiger partial charge on any atom is 0.175 e. The van der Waals surface area contributed by atoms with E-state index in [1.54, 1.807) is 48.5 Å². The second-order valence-electron chi connectivity index (χ2n) is 6.94. The molecule has 0 fully saturated rings. The normalized spacial score (nSPS) is 11.5. The quantitative estimate of drug-likeness (QED) is 0.394. The molecule has 31 heavy (non-hydrogen) atoms. The number of rotatable bonds is 6. The zero-order chi connectivity index (χ0) is 22.0. The molecule has 0 unspecified atom stereocenters. The Balaban J connectivity index is 1.70. The Morgan fingerprint density at radius 2 is 1.61 bits per heavy atom. The van der Waals surface area contributed by atoms with Crippen LogP contribution < -0.4 is 4.74 Å². The van der Waals surface area contributed by atoms with Crippen molar-refractivity contribution < 1.29 is 17.5 Å². The van der Waals surface area contributed by atoms with Gasteiger partial charge >= 0.3 is 0 Å². The zero-order valence-corrected chi connectivity index (χ0v) is 18.1. The van der Waals surface area contributed by atoms with Crippen LogP contribution in [-0.2, 0) is 16.4 Å². The van der Waals surface area contributed by atoms with Gasteiger partial charge in [-0.3, -0.25) is 4.57 Å². The molecule has 0 amide bonds. The number of aromatic nitrogens is 2. The summed E-state index contributed by atoms with van der Waals surface area (Å²) in [6, 6.07) is 19.6. The van der Waals surface area contributed by atoms with Crippen molar-refractivity contribution in [2.75, 3.05) is 6.26 Å². The maximum absolute atomic E-state index is 13.1. The van der Waals surface area contributed by atoms with Crippen molar-refractivity contribution in [3.05, 3.63) is 95.5 Å². The molecule has 0 aliphatic carbocycles. The van der Waals surface area contributed by atoms with Crippen molar-refractivity contribution >= 4 is 21.4 Å². The Bertz CT molecular complexity index is 1300. The molecule has 8 heteroatoms. The van der Waals surface area contributed by atoms with E-state index in [2.05, 4.69) is 0 Å². The molecule has 0 atom stereocenters. The summed E-state index contributed by atoms with van der Waals surface area (Å²) in [7, 11) is -3.29. The van der Waals surface area contributed by atoms with E-state index in [1.807, 2.05) is 22.9 Å². The van der Waals surface area contributed by atoms with E-state index in [4.69, 9.17) is 21.3 Å². The molecular weight excluding hydrogens is 439 g/mol. The van der Waals surface area contributed by atoms with Gasteiger partial charge < -0.3 is 4.74 Å². The van der Waals surface area contributed by atoms with Gasteiger partial charge in [0.1, 0.15) is 24.0 Å². The lowest BCUT2D eigenvalue weighted by atomic mass is 10.2. The van der Waals surface area contributed by atoms with E-state index in [9.17, 15) is 12.8 Å². The van der Waals surface area contributed by atoms with E-state index in [0.717, 1.165) is 11.3 Å². The molecule has 0 saturated carbocycles. The highest BCUT2D eigenvalue weighted by atomic mass is 35.5. The molecule has 0 aliphatic rings. The predicted octanol–water partition coefficient (Wildman–Crippen LogP) is 5.31. The third-order valence-electron chi connectivity index (χ3n) is 4.60. The molecule has 0 saturated heterocycles. The number of sulfone groups is 1. The van der Waals surface area contributed by atoms with Gasteiger partial charge in [-0.15, -0.1) is 0 Å². The topological polar surface area (TPSA) is 61.2 Å². The summed E-state index contributed by atoms with van der Waals surface area (Å²) >= 11 is 6.02. The number of halogens is 2. The lowest BCUT2D eigenvalue weighted by molar-refractivity contribution is 0.301. The van der Waals surface area contributed by atoms with Gasteiger partial charge in [0.05, 0.1) is 10.6 Å². The van der Waals surface area contributed by atoms with Gasteiger partial charge in [0.15, 0.2) is 9.84 Å². The maximum atomic E-state index is 13.1. The highest BCUT2D eigenvalue weighted by molar-refractivity contribution is 7.90. The van der Waals surface area contributed by atoms with Crippen molar-refractivity contribution in [3.8, 4) is 22.8 Å². The van der Waals surface area contributed by atoms with Crippen molar-refractivity contribution in [1.29, 1.82) is 0 Å². The van der Waals surface area contributed by atoms with Crippen LogP contribution in [0.4, 0.5) is 4.39 Å². The minimum absolute atomic E-state index is 0.181. The van der Waals surface area contributed by atoms with Crippen LogP contribution in [0.25, 0.3) is 17.1 Å². The Hall–Kier alpha value is -3.16. The van der Waals surface area contributed by atoms with Crippen molar-refractivity contribution in [2.24, 2.45) is 0 Å². The summed E-state index contributed by atoms with van der Waals surface area (Å²) in [5.41, 5.74) is 2.24. The zero-order valence-electron chi connectivity index (χ0n) is 16.5. The number of nitrogens with zero attached hydrogens (tertiary/aromatic N) is 2. The lowest BCUT2D eigenvalue weighted by Crippen LogP contribution is -1.99. The van der Waals surface area contributed by atoms with E-state index >= 15 is 0 Å². The fourth-order valence-electron chi connectivity index (χ4n) is 3.04. The van der Waals surface area contributed by atoms with Gasteiger partial charge in [0.25, 0.3) is 0 Å². The van der Waals surface area contributed by atoms with E-state index < -0.39 is 9.84 Å². The van der Waals surface area contributed by atoms with Crippen LogP contribution in [0.1, 0.15) is 5.69 Å². The van der Waals surface area contributed by atoms with Gasteiger partial charge in [-0.2, -0.15) is 0 Å². The molecular formula is C23H18ClFN2O3S. The minimum atomic E-state index is -3.29. The molecule has 5 nitrogen and oxygen atoms in total. The minimum Gasteiger partial charge on any atom is -0.487 e. The molecule has 1 aromatic heterocycles. The molecule has 0 spiro atoms. The van der Waals surface area contributed by atoms with Crippen molar-refractivity contribution in [1.82, 2.24) is 9.55 Å². The summed E-state index contributed by atoms with van der Waals surface area (Å²) < 4.78 is 44.2. The van der Waals surface area contributed by atoms with E-state index in [1.165, 1.54) is 18.4 Å². The first-order valence-electron chi connectivity index (χ1n) is 9.33. The summed E-state index contributed by atoms with van der Waals surface area (Å²) in [6.45, 7) is 0.181. The smallest absolute Gasteiger partial charge is 0.175 e. The van der Waals surface area contributed by atoms with Crippen molar-refractivity contribution in [2.45, 2.75) is 11.5 Å². The predicted molar refractivity (Wildman–Crippen MR) is 118 cm³/mol. The highest BCUT2D eigenvalue weighted by Crippen LogP contribution is 2.26. The average Bonchev–Trinajstić information content (AvgIpc) is 3.18. The molecule has 0 N–H and O–H groups in total. The Morgan fingerprint density at radius 3 is 2.23 bits per heavy atom. The number of benzene rings is 3. The first-order valence-corrected chi connectivity index (χ1v) is 11.6. The van der Waals surface area contributed by atoms with Gasteiger partial charge in [-0.05, 0) is 72.8 Å². The SMILES string of the molecule is CS(=O)(=O)c1ccc(-n2cc(COc3ccc(F)cc3)nc2-c2ccc(Cl)cc2)cc1. The standard InChI is InChI=1S/C23H18ClFN2O3S/c1-31(28,29)22-12-8-20(9-13-22)27-14-19(15-30-21-10-6-18(25)7-11-21)26-23(27)16-2-4-17(24)5-3-16/h2-14H,15H2,1H3. The highest BCUT2D eigenvalue weighted by Gasteiger charge is 2.14. The van der Waals surface area contributed by atoms with Crippen LogP contribution in [0.15, 0.2) is 83.9 Å². The van der Waals surface area contributed by atoms with Crippen LogP contribution in [0.3, 0.4) is 0 Å². The summed E-state index contributed by atoms with van der Waals surface area (Å²) in [5.74, 6) is 0.849. The van der Waals surface area contributed by atoms with Crippen LogP contribution in [0.5, 0.6) is 5.75 Å². The first kappa shape index (κ1) is 21.1. The van der Waals surface area contributed by atoms with E-state index in [-0.39, 0.29) is 17.3 Å². The average molecular weight is 457 g/mol. The Morgan fingerprint density at radius 1 is 0.968 bits per heavy atom. The molecule has 1 heterocycles. The number of hydrogen-bond acceptors (Lipinski definition) is 4. The molecule has 0 aliphatic heterocycles. The molecule has 0 bridgehead atoms. The number of hydrogen-bond donors (Lipinski definition) is 0. The van der Waals surface area contributed by atoms with E-state index in [0.29, 0.717) is 22.3 Å². The number of ether oxygens (including phenoxy) is 1. The van der Waals surface area contributed by atoms with Gasteiger partial charge in [-0.1, -0.05) is 11.6 Å². The molecule has 3 aromatic carbocycles. The van der Waals surface area contributed by atoms with Crippen LogP contribution in [0, 0.1) is 5.82 Å². The Labute approximate surface area is 184 Å². The third kappa shape index (κ3) is 4.95. The second-order valence-corrected chi connectivity index (χ2v) is 9.39. The molecule has 0 radical (unpaired) electrons. The van der Waals surface area contributed by atoms with Gasteiger partial charge in [0.2, 0.25) is 0 Å².